The van der Waals surface area contributed by atoms with E-state index >= 15 is 0 Å². The van der Waals surface area contributed by atoms with Gasteiger partial charge < -0.3 is 20.1 Å². The molecule has 1 aliphatic rings. The zero-order chi connectivity index (χ0) is 24.8. The summed E-state index contributed by atoms with van der Waals surface area (Å²) in [6.07, 6.45) is 0. The highest BCUT2D eigenvalue weighted by Gasteiger charge is 2.44. The zero-order valence-electron chi connectivity index (χ0n) is 18.1. The Hall–Kier alpha value is -3.00. The molecule has 0 saturated carbocycles. The first-order valence-corrected chi connectivity index (χ1v) is 12.0. The quantitative estimate of drug-likeness (QED) is 0.382. The highest BCUT2D eigenvalue weighted by Crippen LogP contribution is 2.40. The van der Waals surface area contributed by atoms with Gasteiger partial charge in [0.2, 0.25) is 11.8 Å². The van der Waals surface area contributed by atoms with E-state index in [1.54, 1.807) is 42.5 Å². The Morgan fingerprint density at radius 2 is 1.94 bits per heavy atom. The molecule has 176 valence electrons. The summed E-state index contributed by atoms with van der Waals surface area (Å²) in [7, 11) is 2.69. The molecule has 2 N–H and O–H groups in total. The number of carbonyl (C=O) groups excluding carboxylic acids is 3. The van der Waals surface area contributed by atoms with Crippen molar-refractivity contribution in [2.24, 2.45) is 5.92 Å². The maximum Gasteiger partial charge on any atom is 0.319 e. The maximum absolute atomic E-state index is 12.9. The third-order valence-corrected chi connectivity index (χ3v) is 6.83. The molecule has 2 aromatic rings. The number of esters is 1. The minimum absolute atomic E-state index is 0.106. The number of anilines is 1. The lowest BCUT2D eigenvalue weighted by atomic mass is 9.78. The molecule has 0 aromatic heterocycles. The number of allylic oxidation sites excluding steroid dienone is 1. The van der Waals surface area contributed by atoms with Gasteiger partial charge >= 0.3 is 5.97 Å². The van der Waals surface area contributed by atoms with Gasteiger partial charge in [-0.1, -0.05) is 51.4 Å². The number of thioether (sulfide) groups is 1. The number of nitriles is 1. The first-order valence-electron chi connectivity index (χ1n) is 9.83. The average Bonchev–Trinajstić information content (AvgIpc) is 2.83. The van der Waals surface area contributed by atoms with Crippen molar-refractivity contribution in [3.8, 4) is 11.8 Å². The summed E-state index contributed by atoms with van der Waals surface area (Å²) < 4.78 is 10.8. The molecule has 1 heterocycles. The van der Waals surface area contributed by atoms with Gasteiger partial charge in [-0.15, -0.1) is 0 Å². The fourth-order valence-corrected chi connectivity index (χ4v) is 4.97. The largest absolute Gasteiger partial charge is 0.497 e. The van der Waals surface area contributed by atoms with Gasteiger partial charge in [-0.3, -0.25) is 14.4 Å². The van der Waals surface area contributed by atoms with Crippen LogP contribution in [0.5, 0.6) is 5.75 Å². The SMILES string of the molecule is COC(=O)[C@H]1C(=O)NC(SCC(=O)Nc2ccc(Br)cc2Cl)=C(C#N)[C@@H]1c1ccc(OC)cc1. The lowest BCUT2D eigenvalue weighted by molar-refractivity contribution is -0.150. The Bertz CT molecular complexity index is 1200. The Kier molecular flexibility index (Phi) is 8.61. The molecule has 1 aliphatic heterocycles. The van der Waals surface area contributed by atoms with E-state index in [2.05, 4.69) is 32.6 Å². The Morgan fingerprint density at radius 3 is 2.53 bits per heavy atom. The van der Waals surface area contributed by atoms with E-state index in [1.807, 2.05) is 0 Å². The topological polar surface area (TPSA) is 118 Å². The Morgan fingerprint density at radius 1 is 1.24 bits per heavy atom. The van der Waals surface area contributed by atoms with Crippen molar-refractivity contribution in [1.82, 2.24) is 5.32 Å². The predicted octanol–water partition coefficient (Wildman–Crippen LogP) is 4.22. The normalized spacial score (nSPS) is 17.4. The summed E-state index contributed by atoms with van der Waals surface area (Å²) >= 11 is 10.4. The summed E-state index contributed by atoms with van der Waals surface area (Å²) in [5, 5.41) is 15.8. The molecule has 2 aromatic carbocycles. The van der Waals surface area contributed by atoms with Crippen LogP contribution in [0, 0.1) is 17.2 Å². The van der Waals surface area contributed by atoms with Crippen LogP contribution in [0.15, 0.2) is 57.5 Å². The molecule has 0 unspecified atom stereocenters. The van der Waals surface area contributed by atoms with Crippen molar-refractivity contribution in [3.05, 3.63) is 68.1 Å². The highest BCUT2D eigenvalue weighted by atomic mass is 79.9. The van der Waals surface area contributed by atoms with Gasteiger partial charge in [0, 0.05) is 10.4 Å². The molecular weight excluding hydrogens is 546 g/mol. The number of halogens is 2. The van der Waals surface area contributed by atoms with E-state index in [9.17, 15) is 19.6 Å². The first-order chi connectivity index (χ1) is 16.3. The van der Waals surface area contributed by atoms with Crippen LogP contribution >= 0.6 is 39.3 Å². The van der Waals surface area contributed by atoms with Gasteiger partial charge in [0.05, 0.1) is 47.4 Å². The Balaban J connectivity index is 1.89. The fraction of sp³-hybridized carbons (Fsp3) is 0.217. The lowest BCUT2D eigenvalue weighted by Gasteiger charge is -2.31. The van der Waals surface area contributed by atoms with Crippen molar-refractivity contribution < 1.29 is 23.9 Å². The van der Waals surface area contributed by atoms with Crippen LogP contribution in [0.25, 0.3) is 0 Å². The highest BCUT2D eigenvalue weighted by molar-refractivity contribution is 9.10. The minimum atomic E-state index is -1.26. The van der Waals surface area contributed by atoms with E-state index in [1.165, 1.54) is 14.2 Å². The molecular formula is C23H19BrClN3O5S. The number of amides is 2. The van der Waals surface area contributed by atoms with Gasteiger partial charge in [-0.25, -0.2) is 0 Å². The number of hydrogen-bond donors (Lipinski definition) is 2. The van der Waals surface area contributed by atoms with Gasteiger partial charge in [0.25, 0.3) is 0 Å². The lowest BCUT2D eigenvalue weighted by Crippen LogP contribution is -2.44. The summed E-state index contributed by atoms with van der Waals surface area (Å²) in [5.41, 5.74) is 1.14. The Labute approximate surface area is 213 Å². The molecule has 0 fully saturated rings. The second-order valence-corrected chi connectivity index (χ2v) is 9.37. The second-order valence-electron chi connectivity index (χ2n) is 7.06. The van der Waals surface area contributed by atoms with Crippen molar-refractivity contribution in [2.45, 2.75) is 5.92 Å². The minimum Gasteiger partial charge on any atom is -0.497 e. The van der Waals surface area contributed by atoms with Gasteiger partial charge in [-0.2, -0.15) is 5.26 Å². The molecule has 2 amide bonds. The number of carbonyl (C=O) groups is 3. The summed E-state index contributed by atoms with van der Waals surface area (Å²) in [6.45, 7) is 0. The fourth-order valence-electron chi connectivity index (χ4n) is 3.41. The van der Waals surface area contributed by atoms with E-state index in [0.29, 0.717) is 22.0 Å². The van der Waals surface area contributed by atoms with Gasteiger partial charge in [0.1, 0.15) is 11.7 Å². The standard InChI is InChI=1S/C23H19BrClN3O5S/c1-32-14-6-3-12(4-7-14)19-15(10-26)22(28-21(30)20(19)23(31)33-2)34-11-18(29)27-17-8-5-13(24)9-16(17)25/h3-9,19-20H,11H2,1-2H3,(H,27,29)(H,28,30)/t19-,20+/m0/s1. The molecule has 11 heteroatoms. The number of benzene rings is 2. The molecule has 0 radical (unpaired) electrons. The second kappa shape index (κ2) is 11.4. The number of methoxy groups -OCH3 is 2. The van der Waals surface area contributed by atoms with Crippen LogP contribution < -0.4 is 15.4 Å². The summed E-state index contributed by atoms with van der Waals surface area (Å²) in [4.78, 5) is 37.8. The molecule has 0 aliphatic carbocycles. The predicted molar refractivity (Wildman–Crippen MR) is 132 cm³/mol. The van der Waals surface area contributed by atoms with Gasteiger partial charge in [-0.05, 0) is 35.9 Å². The average molecular weight is 565 g/mol. The van der Waals surface area contributed by atoms with Crippen molar-refractivity contribution >= 4 is 62.8 Å². The molecule has 34 heavy (non-hydrogen) atoms. The smallest absolute Gasteiger partial charge is 0.319 e. The molecule has 0 saturated heterocycles. The summed E-state index contributed by atoms with van der Waals surface area (Å²) in [5.74, 6) is -3.44. The van der Waals surface area contributed by atoms with Crippen molar-refractivity contribution in [1.29, 1.82) is 5.26 Å². The van der Waals surface area contributed by atoms with Crippen LogP contribution in [0.1, 0.15) is 11.5 Å². The van der Waals surface area contributed by atoms with Crippen LogP contribution in [0.3, 0.4) is 0 Å². The molecule has 0 spiro atoms. The summed E-state index contributed by atoms with van der Waals surface area (Å²) in [6, 6.07) is 13.8. The van der Waals surface area contributed by atoms with E-state index < -0.39 is 23.7 Å². The number of nitrogens with one attached hydrogen (secondary N) is 2. The molecule has 3 rings (SSSR count). The zero-order valence-corrected chi connectivity index (χ0v) is 21.2. The van der Waals surface area contributed by atoms with E-state index in [4.69, 9.17) is 21.1 Å². The number of nitrogens with zero attached hydrogens (tertiary/aromatic N) is 1. The molecule has 2 atom stereocenters. The van der Waals surface area contributed by atoms with Gasteiger partial charge in [0.15, 0.2) is 0 Å². The van der Waals surface area contributed by atoms with Crippen LogP contribution in [-0.2, 0) is 19.1 Å². The van der Waals surface area contributed by atoms with Crippen LogP contribution in [-0.4, -0.2) is 37.8 Å². The van der Waals surface area contributed by atoms with E-state index in [-0.39, 0.29) is 22.3 Å². The van der Waals surface area contributed by atoms with Crippen molar-refractivity contribution in [3.63, 3.8) is 0 Å². The molecule has 8 nitrogen and oxygen atoms in total. The number of ether oxygens (including phenoxy) is 2. The number of rotatable bonds is 7. The number of hydrogen-bond acceptors (Lipinski definition) is 7. The monoisotopic (exact) mass is 563 g/mol. The third kappa shape index (κ3) is 5.73. The first kappa shape index (κ1) is 25.6. The van der Waals surface area contributed by atoms with Crippen LogP contribution in [0.2, 0.25) is 5.02 Å². The van der Waals surface area contributed by atoms with E-state index in [0.717, 1.165) is 16.2 Å². The van der Waals surface area contributed by atoms with Crippen molar-refractivity contribution in [2.75, 3.05) is 25.3 Å². The third-order valence-electron chi connectivity index (χ3n) is 5.01. The maximum atomic E-state index is 12.9. The van der Waals surface area contributed by atoms with Crippen LogP contribution in [0.4, 0.5) is 5.69 Å². The molecule has 0 bridgehead atoms.